The Bertz CT molecular complexity index is 4630. The smallest absolute Gasteiger partial charge is 0.148 e. The molecule has 0 spiro atoms. The fourth-order valence-electron chi connectivity index (χ4n) is 12.9. The molecule has 0 aliphatic carbocycles. The van der Waals surface area contributed by atoms with E-state index in [0.717, 1.165) is 68.4 Å². The van der Waals surface area contributed by atoms with E-state index in [2.05, 4.69) is 260 Å². The van der Waals surface area contributed by atoms with Gasteiger partial charge in [0.05, 0.1) is 39.5 Å². The molecule has 526 valence electrons. The predicted molar refractivity (Wildman–Crippen MR) is 405 cm³/mol. The molecule has 100 heavy (non-hydrogen) atoms. The fraction of sp³-hybridized carbons (Fsp3) is 0.364. The van der Waals surface area contributed by atoms with Gasteiger partial charge >= 0.3 is 0 Å². The van der Waals surface area contributed by atoms with Crippen LogP contribution in [-0.4, -0.2) is 51.9 Å². The number of hydrogen-bond donors (Lipinski definition) is 2. The number of para-hydroxylation sites is 2. The Kier molecular flexibility index (Phi) is 20.4. The van der Waals surface area contributed by atoms with Crippen LogP contribution >= 0.6 is 0 Å². The van der Waals surface area contributed by atoms with E-state index in [0.29, 0.717) is 78.6 Å². The number of aromatic nitrogens is 6. The molecule has 10 nitrogen and oxygen atoms in total. The number of benzene rings is 8. The average molecular weight is 1690 g/mol. The Hall–Kier alpha value is -7.90. The van der Waals surface area contributed by atoms with Crippen LogP contribution in [0.25, 0.3) is 101 Å². The Morgan fingerprint density at radius 3 is 0.940 bits per heavy atom. The van der Waals surface area contributed by atoms with Gasteiger partial charge in [-0.25, -0.2) is 9.97 Å². The zero-order valence-corrected chi connectivity index (χ0v) is 67.4. The number of aldehydes is 2. The average Bonchev–Trinajstić information content (AvgIpc) is 1.56. The van der Waals surface area contributed by atoms with Gasteiger partial charge in [-0.2, -0.15) is 0 Å². The van der Waals surface area contributed by atoms with Crippen molar-refractivity contribution in [3.05, 3.63) is 201 Å². The van der Waals surface area contributed by atoms with Gasteiger partial charge in [0.25, 0.3) is 0 Å². The van der Waals surface area contributed by atoms with Crippen molar-refractivity contribution in [2.45, 2.75) is 209 Å². The Balaban J connectivity index is 0.00000583. The fourth-order valence-corrected chi connectivity index (χ4v) is 12.9. The van der Waals surface area contributed by atoms with Gasteiger partial charge < -0.3 is 10.2 Å². The summed E-state index contributed by atoms with van der Waals surface area (Å²) in [4.78, 5) is 47.4. The summed E-state index contributed by atoms with van der Waals surface area (Å²) in [6, 6.07) is 50.7. The number of aromatic hydroxyl groups is 2. The van der Waals surface area contributed by atoms with Gasteiger partial charge in [-0.05, 0) is 125 Å². The zero-order valence-electron chi connectivity index (χ0n) is 62.9. The maximum atomic E-state index is 13.2. The van der Waals surface area contributed by atoms with E-state index in [-0.39, 0.29) is 86.1 Å². The number of phenolic OH excluding ortho intramolecular Hbond substituents is 2. The van der Waals surface area contributed by atoms with Gasteiger partial charge in [0.2, 0.25) is 0 Å². The summed E-state index contributed by atoms with van der Waals surface area (Å²) in [6.07, 6.45) is 3.15. The number of imidazole rings is 2. The molecule has 2 N–H and O–H groups in total. The molecule has 0 radical (unpaired) electrons. The number of carbonyl (C=O) groups is 2. The standard InChI is InChI=1S/C88H98N6O4.2Pt/c1-81(2,3)57-37-58(82(4,5)6)40-63(39-57)93-73-29-25-27-65(75(73)91-79(93)67-43-61(85(13,14)15)45-69(77(67)97)87(19,20)21)53-31-51(48-95)33-55(35-53)71-47-72(90-50-89-71)56-34-52(49-96)32-54(36-56)66-28-26-30-74-76(66)92-80(68-44-62(86(16,17)18)46-70(78(68)98)88(22,23)24)94(74)64-41-59(83(7,8)9)38-60(42-64)84(10,11)12;;/h25-34,37-50,97-98H,1-24H3;;/q-2;;. The molecule has 0 aliphatic heterocycles. The minimum atomic E-state index is -0.405. The molecule has 0 saturated carbocycles. The monoisotopic (exact) mass is 1690 g/mol. The van der Waals surface area contributed by atoms with Crippen molar-refractivity contribution in [3.63, 3.8) is 0 Å². The molecule has 0 amide bonds. The Morgan fingerprint density at radius 1 is 0.350 bits per heavy atom. The topological polar surface area (TPSA) is 136 Å². The van der Waals surface area contributed by atoms with E-state index < -0.39 is 10.8 Å². The van der Waals surface area contributed by atoms with Gasteiger partial charge in [-0.1, -0.05) is 254 Å². The molecule has 0 bridgehead atoms. The molecular weight excluding hydrogens is 1600 g/mol. The van der Waals surface area contributed by atoms with E-state index in [1.807, 2.05) is 42.5 Å². The third-order valence-electron chi connectivity index (χ3n) is 19.1. The third kappa shape index (κ3) is 15.0. The second-order valence-electron chi connectivity index (χ2n) is 35.3. The van der Waals surface area contributed by atoms with Crippen molar-refractivity contribution >= 4 is 34.6 Å². The van der Waals surface area contributed by atoms with E-state index in [4.69, 9.17) is 19.9 Å². The summed E-state index contributed by atoms with van der Waals surface area (Å²) >= 11 is 0. The van der Waals surface area contributed by atoms with Crippen LogP contribution in [-0.2, 0) is 85.5 Å². The number of rotatable bonds is 10. The molecule has 0 atom stereocenters. The van der Waals surface area contributed by atoms with Crippen molar-refractivity contribution in [2.75, 3.05) is 0 Å². The number of hydrogen-bond acceptors (Lipinski definition) is 8. The van der Waals surface area contributed by atoms with Crippen LogP contribution in [0, 0.1) is 12.1 Å². The van der Waals surface area contributed by atoms with Crippen molar-refractivity contribution in [2.24, 2.45) is 0 Å². The van der Waals surface area contributed by atoms with Gasteiger partial charge in [-0.3, -0.25) is 28.7 Å². The van der Waals surface area contributed by atoms with Crippen LogP contribution < -0.4 is 0 Å². The maximum absolute atomic E-state index is 13.2. The van der Waals surface area contributed by atoms with Crippen molar-refractivity contribution in [1.29, 1.82) is 0 Å². The van der Waals surface area contributed by atoms with E-state index >= 15 is 0 Å². The van der Waals surface area contributed by atoms with Crippen LogP contribution in [0.5, 0.6) is 11.5 Å². The summed E-state index contributed by atoms with van der Waals surface area (Å²) in [5.74, 6) is 1.51. The van der Waals surface area contributed by atoms with Gasteiger partial charge in [0.1, 0.15) is 35.7 Å². The summed E-state index contributed by atoms with van der Waals surface area (Å²) in [6.45, 7) is 52.7. The van der Waals surface area contributed by atoms with Crippen molar-refractivity contribution in [1.82, 2.24) is 29.1 Å². The molecule has 0 fully saturated rings. The van der Waals surface area contributed by atoms with Gasteiger partial charge in [0, 0.05) is 76.0 Å². The van der Waals surface area contributed by atoms with Gasteiger partial charge in [-0.15, -0.1) is 47.5 Å². The molecule has 3 heterocycles. The maximum Gasteiger partial charge on any atom is 0.148 e. The summed E-state index contributed by atoms with van der Waals surface area (Å²) in [5.41, 5.74) is 17.9. The summed E-state index contributed by atoms with van der Waals surface area (Å²) in [5, 5.41) is 25.3. The number of carbonyl (C=O) groups excluding carboxylic acids is 2. The molecule has 11 aromatic rings. The van der Waals surface area contributed by atoms with Crippen LogP contribution in [0.1, 0.15) is 231 Å². The van der Waals surface area contributed by atoms with Crippen LogP contribution in [0.4, 0.5) is 0 Å². The summed E-state index contributed by atoms with van der Waals surface area (Å²) < 4.78 is 4.38. The predicted octanol–water partition coefficient (Wildman–Crippen LogP) is 22.2. The normalized spacial score (nSPS) is 12.8. The van der Waals surface area contributed by atoms with Crippen LogP contribution in [0.2, 0.25) is 0 Å². The van der Waals surface area contributed by atoms with Crippen molar-refractivity contribution < 1.29 is 61.9 Å². The molecule has 0 aliphatic rings. The minimum Gasteiger partial charge on any atom is -0.507 e. The van der Waals surface area contributed by atoms with Gasteiger partial charge in [0.15, 0.2) is 0 Å². The molecule has 8 aromatic carbocycles. The molecule has 0 saturated heterocycles. The zero-order chi connectivity index (χ0) is 71.7. The first-order valence-electron chi connectivity index (χ1n) is 34.3. The van der Waals surface area contributed by atoms with Crippen molar-refractivity contribution in [3.8, 4) is 90.4 Å². The molecule has 12 heteroatoms. The number of fused-ring (bicyclic) bond motifs is 2. The second-order valence-corrected chi connectivity index (χ2v) is 35.3. The largest absolute Gasteiger partial charge is 0.507 e. The van der Waals surface area contributed by atoms with E-state index in [1.54, 1.807) is 12.1 Å². The Morgan fingerprint density at radius 2 is 0.650 bits per heavy atom. The molecule has 0 unspecified atom stereocenters. The molecule has 3 aromatic heterocycles. The van der Waals surface area contributed by atoms with E-state index in [1.165, 1.54) is 28.6 Å². The number of phenols is 2. The second kappa shape index (κ2) is 26.8. The summed E-state index contributed by atoms with van der Waals surface area (Å²) in [7, 11) is 0. The van der Waals surface area contributed by atoms with Crippen LogP contribution in [0.15, 0.2) is 134 Å². The quantitative estimate of drug-likeness (QED) is 0.102. The van der Waals surface area contributed by atoms with Crippen LogP contribution in [0.3, 0.4) is 0 Å². The number of nitrogens with zero attached hydrogens (tertiary/aromatic N) is 6. The first-order valence-corrected chi connectivity index (χ1v) is 34.3. The molecular formula is C88H98N6O4Pt2-2. The first-order chi connectivity index (χ1) is 45.3. The SMILES string of the molecule is CC(C)(C)c1cc(-n2c(-c3cc(C(C)(C)C)cc(C(C)(C)C)c3O)nc3c(-c4[c-]c(-c5cc(-c6[c-]c(-c7cccc8c7nc(-c7cc(C(C)(C)C)cc(C(C)(C)C)c7O)n8-c7cc(C(C)(C)C)cc(C(C)(C)C)c7)cc(C=O)c6)ncn5)cc(C=O)c4)cccc32)cc(C(C)(C)C)c1.[Pt].[Pt]. The Labute approximate surface area is 622 Å². The first kappa shape index (κ1) is 76.3. The third-order valence-corrected chi connectivity index (χ3v) is 19.1. The van der Waals surface area contributed by atoms with E-state index in [9.17, 15) is 19.8 Å². The molecule has 11 rings (SSSR count). The minimum absolute atomic E-state index is 0.